The number of hydrogen-bond donors (Lipinski definition) is 0. The molecule has 1 amide bonds. The second kappa shape index (κ2) is 7.06. The highest BCUT2D eigenvalue weighted by Crippen LogP contribution is 2.19. The third-order valence-corrected chi connectivity index (χ3v) is 4.57. The molecule has 1 aliphatic rings. The Morgan fingerprint density at radius 1 is 1.04 bits per heavy atom. The first kappa shape index (κ1) is 17.0. The van der Waals surface area contributed by atoms with Crippen molar-refractivity contribution in [1.82, 2.24) is 10.2 Å². The van der Waals surface area contributed by atoms with Crippen molar-refractivity contribution >= 4 is 11.6 Å². The van der Waals surface area contributed by atoms with E-state index in [4.69, 9.17) is 4.52 Å². The van der Waals surface area contributed by atoms with Gasteiger partial charge in [-0.2, -0.15) is 0 Å². The first-order valence-corrected chi connectivity index (χ1v) is 8.58. The number of rotatable bonds is 3. The van der Waals surface area contributed by atoms with Crippen LogP contribution in [0, 0.1) is 5.82 Å². The highest BCUT2D eigenvalue weighted by atomic mass is 19.1. The lowest BCUT2D eigenvalue weighted by Gasteiger charge is -2.35. The molecule has 2 aromatic carbocycles. The molecule has 4 rings (SSSR count). The van der Waals surface area contributed by atoms with Crippen LogP contribution in [-0.4, -0.2) is 42.3 Å². The van der Waals surface area contributed by atoms with Gasteiger partial charge in [-0.3, -0.25) is 4.79 Å². The van der Waals surface area contributed by atoms with Gasteiger partial charge in [0.1, 0.15) is 5.82 Å². The lowest BCUT2D eigenvalue weighted by molar-refractivity contribution is -0.672. The number of para-hydroxylation sites is 1. The van der Waals surface area contributed by atoms with Crippen LogP contribution in [0.15, 0.2) is 59.1 Å². The van der Waals surface area contributed by atoms with Gasteiger partial charge in [-0.25, -0.2) is 4.39 Å². The van der Waals surface area contributed by atoms with Gasteiger partial charge in [0.2, 0.25) is 5.69 Å². The number of carbonyl (C=O) groups is 1. The maximum Gasteiger partial charge on any atom is 0.327 e. The summed E-state index contributed by atoms with van der Waals surface area (Å²) in [6, 6.07) is 15.1. The number of piperazine rings is 1. The molecule has 1 saturated heterocycles. The van der Waals surface area contributed by atoms with E-state index in [1.165, 1.54) is 16.8 Å². The third kappa shape index (κ3) is 3.33. The summed E-state index contributed by atoms with van der Waals surface area (Å²) in [5.41, 5.74) is 1.37. The fourth-order valence-corrected chi connectivity index (χ4v) is 3.14. The summed E-state index contributed by atoms with van der Waals surface area (Å²) in [5.74, 6) is -1.46. The normalized spacial score (nSPS) is 14.4. The van der Waals surface area contributed by atoms with Crippen LogP contribution in [0.25, 0.3) is 5.69 Å². The van der Waals surface area contributed by atoms with E-state index in [1.54, 1.807) is 41.3 Å². The molecule has 7 nitrogen and oxygen atoms in total. The topological polar surface area (TPSA) is 76.5 Å². The van der Waals surface area contributed by atoms with Crippen LogP contribution < -0.4 is 14.7 Å². The van der Waals surface area contributed by atoms with E-state index < -0.39 is 11.9 Å². The lowest BCUT2D eigenvalue weighted by atomic mass is 10.2. The van der Waals surface area contributed by atoms with Crippen LogP contribution in [0.4, 0.5) is 10.1 Å². The minimum Gasteiger partial charge on any atom is -0.538 e. The zero-order valence-corrected chi connectivity index (χ0v) is 14.4. The molecule has 8 heteroatoms. The summed E-state index contributed by atoms with van der Waals surface area (Å²) in [6.45, 7) is 2.05. The van der Waals surface area contributed by atoms with Crippen molar-refractivity contribution < 1.29 is 23.5 Å². The van der Waals surface area contributed by atoms with Crippen molar-refractivity contribution in [3.8, 4) is 11.6 Å². The van der Waals surface area contributed by atoms with Gasteiger partial charge in [-0.1, -0.05) is 18.2 Å². The first-order chi connectivity index (χ1) is 13.1. The van der Waals surface area contributed by atoms with Gasteiger partial charge >= 0.3 is 11.6 Å². The maximum absolute atomic E-state index is 13.1. The quantitative estimate of drug-likeness (QED) is 0.648. The van der Waals surface area contributed by atoms with Gasteiger partial charge in [-0.15, -0.1) is 0 Å². The summed E-state index contributed by atoms with van der Waals surface area (Å²) >= 11 is 0. The summed E-state index contributed by atoms with van der Waals surface area (Å²) < 4.78 is 19.0. The Balaban J connectivity index is 1.50. The second-order valence-corrected chi connectivity index (χ2v) is 6.21. The van der Waals surface area contributed by atoms with Gasteiger partial charge in [-0.05, 0) is 28.9 Å². The van der Waals surface area contributed by atoms with Gasteiger partial charge < -0.3 is 19.4 Å². The Morgan fingerprint density at radius 3 is 2.37 bits per heavy atom. The van der Waals surface area contributed by atoms with Crippen LogP contribution in [0.5, 0.6) is 5.95 Å². The van der Waals surface area contributed by atoms with Gasteiger partial charge in [0.15, 0.2) is 5.95 Å². The van der Waals surface area contributed by atoms with Crippen molar-refractivity contribution in [3.63, 3.8) is 0 Å². The van der Waals surface area contributed by atoms with E-state index in [2.05, 4.69) is 10.2 Å². The summed E-state index contributed by atoms with van der Waals surface area (Å²) in [4.78, 5) is 16.6. The van der Waals surface area contributed by atoms with Gasteiger partial charge in [0, 0.05) is 44.0 Å². The van der Waals surface area contributed by atoms with Crippen LogP contribution in [0.1, 0.15) is 10.5 Å². The van der Waals surface area contributed by atoms with E-state index in [9.17, 15) is 14.3 Å². The number of hydrogen-bond acceptors (Lipinski definition) is 5. The molecular formula is C19H17FN4O3. The molecule has 0 N–H and O–H groups in total. The molecule has 0 atom stereocenters. The van der Waals surface area contributed by atoms with Crippen molar-refractivity contribution in [2.24, 2.45) is 0 Å². The van der Waals surface area contributed by atoms with Gasteiger partial charge in [0.05, 0.1) is 5.27 Å². The standard InChI is InChI=1S/C19H17FN4O3/c20-14-6-8-15(9-7-14)22-10-12-23(13-11-22)18(25)17-19(26)27-21-24(17)16-4-2-1-3-5-16/h1-9H,10-13H2. The zero-order chi connectivity index (χ0) is 18.8. The Kier molecular flexibility index (Phi) is 4.45. The Hall–Kier alpha value is -3.42. The average molecular weight is 368 g/mol. The van der Waals surface area contributed by atoms with E-state index in [1.807, 2.05) is 6.07 Å². The fraction of sp³-hybridized carbons (Fsp3) is 0.211. The van der Waals surface area contributed by atoms with Gasteiger partial charge in [0.25, 0.3) is 0 Å². The molecule has 0 unspecified atom stereocenters. The Bertz CT molecular complexity index is 935. The lowest BCUT2D eigenvalue weighted by Crippen LogP contribution is -2.51. The molecule has 138 valence electrons. The second-order valence-electron chi connectivity index (χ2n) is 6.21. The van der Waals surface area contributed by atoms with Crippen LogP contribution in [-0.2, 0) is 0 Å². The molecule has 0 saturated carbocycles. The largest absolute Gasteiger partial charge is 0.538 e. The molecule has 0 aliphatic carbocycles. The number of aromatic nitrogens is 2. The molecule has 0 bridgehead atoms. The van der Waals surface area contributed by atoms with Crippen molar-refractivity contribution in [2.75, 3.05) is 31.1 Å². The highest BCUT2D eigenvalue weighted by Gasteiger charge is 2.33. The van der Waals surface area contributed by atoms with E-state index >= 15 is 0 Å². The number of halogens is 1. The van der Waals surface area contributed by atoms with Crippen LogP contribution >= 0.6 is 0 Å². The molecule has 1 aliphatic heterocycles. The number of benzene rings is 2. The number of nitrogens with zero attached hydrogens (tertiary/aromatic N) is 4. The first-order valence-electron chi connectivity index (χ1n) is 8.58. The molecule has 3 aromatic rings. The molecule has 0 spiro atoms. The van der Waals surface area contributed by atoms with E-state index in [-0.39, 0.29) is 11.5 Å². The third-order valence-electron chi connectivity index (χ3n) is 4.57. The molecule has 2 heterocycles. The van der Waals surface area contributed by atoms with E-state index in [0.717, 1.165) is 5.69 Å². The molecule has 1 aromatic heterocycles. The number of amides is 1. The Morgan fingerprint density at radius 2 is 1.70 bits per heavy atom. The van der Waals surface area contributed by atoms with Crippen molar-refractivity contribution in [2.45, 2.75) is 0 Å². The molecule has 0 radical (unpaired) electrons. The summed E-state index contributed by atoms with van der Waals surface area (Å²) in [7, 11) is 0. The SMILES string of the molecule is O=C(c1c([O-])on[n+]1-c1ccccc1)N1CCN(c2ccc(F)cc2)CC1. The van der Waals surface area contributed by atoms with Crippen molar-refractivity contribution in [3.05, 3.63) is 66.1 Å². The predicted molar refractivity (Wildman–Crippen MR) is 92.0 cm³/mol. The predicted octanol–water partition coefficient (Wildman–Crippen LogP) is 1.13. The smallest absolute Gasteiger partial charge is 0.327 e. The monoisotopic (exact) mass is 368 g/mol. The Labute approximate surface area is 154 Å². The number of carbonyl (C=O) groups excluding carboxylic acids is 1. The maximum atomic E-state index is 13.1. The van der Waals surface area contributed by atoms with Crippen LogP contribution in [0.3, 0.4) is 0 Å². The number of anilines is 1. The van der Waals surface area contributed by atoms with Crippen molar-refractivity contribution in [1.29, 1.82) is 0 Å². The average Bonchev–Trinajstić information content (AvgIpc) is 3.10. The zero-order valence-electron chi connectivity index (χ0n) is 14.4. The summed E-state index contributed by atoms with van der Waals surface area (Å²) in [6.07, 6.45) is 0. The molecule has 1 fully saturated rings. The minimum absolute atomic E-state index is 0.114. The fourth-order valence-electron chi connectivity index (χ4n) is 3.14. The van der Waals surface area contributed by atoms with Crippen LogP contribution in [0.2, 0.25) is 0 Å². The molecule has 27 heavy (non-hydrogen) atoms. The molecular weight excluding hydrogens is 351 g/mol. The minimum atomic E-state index is -0.759. The summed E-state index contributed by atoms with van der Waals surface area (Å²) in [5, 5.41) is 15.8. The van der Waals surface area contributed by atoms with E-state index in [0.29, 0.717) is 31.9 Å². The highest BCUT2D eigenvalue weighted by molar-refractivity contribution is 5.92.